The first-order valence-corrected chi connectivity index (χ1v) is 9.05. The third-order valence-corrected chi connectivity index (χ3v) is 5.39. The Morgan fingerprint density at radius 2 is 1.88 bits per heavy atom. The number of fused-ring (bicyclic) bond motifs is 1. The van der Waals surface area contributed by atoms with Crippen LogP contribution in [0.4, 0.5) is 0 Å². The number of aryl methyl sites for hydroxylation is 1. The van der Waals surface area contributed by atoms with Crippen LogP contribution in [0.25, 0.3) is 0 Å². The molecule has 0 saturated carbocycles. The zero-order chi connectivity index (χ0) is 16.5. The molecule has 0 aromatic heterocycles. The number of nitrogens with zero attached hydrogens (tertiary/aromatic N) is 1. The summed E-state index contributed by atoms with van der Waals surface area (Å²) in [6.07, 6.45) is 1.08. The van der Waals surface area contributed by atoms with Crippen LogP contribution in [-0.4, -0.2) is 37.1 Å². The van der Waals surface area contributed by atoms with Crippen molar-refractivity contribution in [2.24, 2.45) is 0 Å². The van der Waals surface area contributed by atoms with Crippen LogP contribution in [0, 0.1) is 6.92 Å². The highest BCUT2D eigenvalue weighted by atomic mass is 35.5. The third kappa shape index (κ3) is 3.04. The fraction of sp³-hybridized carbons (Fsp3) is 0.400. The average molecular weight is 343 g/mol. The van der Waals surface area contributed by atoms with E-state index in [0.29, 0.717) is 6.04 Å². The standard InChI is InChI=1S/C20H23ClN2O/c1-14-11-15(21)12-18-17(14)13-19(23-9-7-22-8-10-23)20(18)24-16-5-3-2-4-6-16/h2-6,11-12,19-20,22H,7-10,13H2,1H3/t19-,20-/m0/s1. The van der Waals surface area contributed by atoms with E-state index in [1.165, 1.54) is 16.7 Å². The second-order valence-electron chi connectivity index (χ2n) is 6.70. The fourth-order valence-corrected chi connectivity index (χ4v) is 4.26. The number of benzene rings is 2. The van der Waals surface area contributed by atoms with E-state index in [9.17, 15) is 0 Å². The molecule has 1 N–H and O–H groups in total. The zero-order valence-corrected chi connectivity index (χ0v) is 14.7. The highest BCUT2D eigenvalue weighted by Gasteiger charge is 2.39. The van der Waals surface area contributed by atoms with Crippen LogP contribution in [-0.2, 0) is 6.42 Å². The van der Waals surface area contributed by atoms with Gasteiger partial charge in [0, 0.05) is 31.2 Å². The van der Waals surface area contributed by atoms with Gasteiger partial charge in [-0.1, -0.05) is 29.8 Å². The van der Waals surface area contributed by atoms with E-state index in [1.54, 1.807) is 0 Å². The Bertz CT molecular complexity index is 713. The van der Waals surface area contributed by atoms with Crippen molar-refractivity contribution >= 4 is 11.6 Å². The van der Waals surface area contributed by atoms with E-state index in [4.69, 9.17) is 16.3 Å². The number of nitrogens with one attached hydrogen (secondary N) is 1. The minimum absolute atomic E-state index is 0.0397. The van der Waals surface area contributed by atoms with E-state index < -0.39 is 0 Å². The lowest BCUT2D eigenvalue weighted by Crippen LogP contribution is -2.50. The Hall–Kier alpha value is -1.55. The van der Waals surface area contributed by atoms with Gasteiger partial charge in [-0.3, -0.25) is 4.90 Å². The number of halogens is 1. The van der Waals surface area contributed by atoms with Gasteiger partial charge in [0.1, 0.15) is 11.9 Å². The average Bonchev–Trinajstić information content (AvgIpc) is 2.95. The fourth-order valence-electron chi connectivity index (χ4n) is 3.98. The molecule has 3 nitrogen and oxygen atoms in total. The maximum atomic E-state index is 6.46. The molecular formula is C20H23ClN2O. The molecule has 0 radical (unpaired) electrons. The number of hydrogen-bond acceptors (Lipinski definition) is 3. The van der Waals surface area contributed by atoms with Gasteiger partial charge in [0.15, 0.2) is 0 Å². The molecule has 24 heavy (non-hydrogen) atoms. The molecule has 2 atom stereocenters. The lowest BCUT2D eigenvalue weighted by molar-refractivity contribution is 0.0693. The van der Waals surface area contributed by atoms with Gasteiger partial charge in [-0.05, 0) is 54.3 Å². The molecule has 2 aromatic rings. The second kappa shape index (κ2) is 6.75. The van der Waals surface area contributed by atoms with Crippen LogP contribution in [0.2, 0.25) is 5.02 Å². The van der Waals surface area contributed by atoms with Gasteiger partial charge < -0.3 is 10.1 Å². The van der Waals surface area contributed by atoms with Gasteiger partial charge in [-0.15, -0.1) is 0 Å². The first kappa shape index (κ1) is 15.9. The highest BCUT2D eigenvalue weighted by molar-refractivity contribution is 6.30. The zero-order valence-electron chi connectivity index (χ0n) is 14.0. The van der Waals surface area contributed by atoms with E-state index in [-0.39, 0.29) is 6.10 Å². The first-order valence-electron chi connectivity index (χ1n) is 8.68. The van der Waals surface area contributed by atoms with Gasteiger partial charge >= 0.3 is 0 Å². The van der Waals surface area contributed by atoms with Crippen molar-refractivity contribution in [2.45, 2.75) is 25.5 Å². The third-order valence-electron chi connectivity index (χ3n) is 5.17. The highest BCUT2D eigenvalue weighted by Crippen LogP contribution is 2.41. The lowest BCUT2D eigenvalue weighted by atomic mass is 10.0. The predicted molar refractivity (Wildman–Crippen MR) is 97.9 cm³/mol. The van der Waals surface area contributed by atoms with Crippen LogP contribution >= 0.6 is 11.6 Å². The van der Waals surface area contributed by atoms with Crippen LogP contribution in [0.1, 0.15) is 22.8 Å². The second-order valence-corrected chi connectivity index (χ2v) is 7.14. The van der Waals surface area contributed by atoms with E-state index >= 15 is 0 Å². The van der Waals surface area contributed by atoms with Crippen molar-refractivity contribution in [1.82, 2.24) is 10.2 Å². The summed E-state index contributed by atoms with van der Waals surface area (Å²) in [6, 6.07) is 14.7. The molecule has 2 aromatic carbocycles. The van der Waals surface area contributed by atoms with Crippen LogP contribution in [0.3, 0.4) is 0 Å². The smallest absolute Gasteiger partial charge is 0.140 e. The quantitative estimate of drug-likeness (QED) is 0.922. The summed E-state index contributed by atoms with van der Waals surface area (Å²) < 4.78 is 6.46. The van der Waals surface area contributed by atoms with Gasteiger partial charge in [-0.25, -0.2) is 0 Å². The molecule has 4 heteroatoms. The van der Waals surface area contributed by atoms with Crippen molar-refractivity contribution in [3.63, 3.8) is 0 Å². The molecule has 1 fully saturated rings. The summed E-state index contributed by atoms with van der Waals surface area (Å²) in [5, 5.41) is 4.24. The van der Waals surface area contributed by atoms with Gasteiger partial charge in [-0.2, -0.15) is 0 Å². The molecule has 0 unspecified atom stereocenters. The molecule has 1 aliphatic carbocycles. The Labute approximate surface area is 148 Å². The van der Waals surface area contributed by atoms with Crippen molar-refractivity contribution in [2.75, 3.05) is 26.2 Å². The largest absolute Gasteiger partial charge is 0.484 e. The molecule has 4 rings (SSSR count). The Kier molecular flexibility index (Phi) is 4.49. The topological polar surface area (TPSA) is 24.5 Å². The monoisotopic (exact) mass is 342 g/mol. The van der Waals surface area contributed by atoms with Crippen LogP contribution < -0.4 is 10.1 Å². The molecule has 1 saturated heterocycles. The number of ether oxygens (including phenoxy) is 1. The summed E-state index contributed by atoms with van der Waals surface area (Å²) in [5.41, 5.74) is 3.94. The van der Waals surface area contributed by atoms with Gasteiger partial charge in [0.05, 0.1) is 6.04 Å². The van der Waals surface area contributed by atoms with Crippen molar-refractivity contribution in [1.29, 1.82) is 0 Å². The Morgan fingerprint density at radius 1 is 1.12 bits per heavy atom. The Morgan fingerprint density at radius 3 is 2.62 bits per heavy atom. The van der Waals surface area contributed by atoms with Crippen molar-refractivity contribution < 1.29 is 4.74 Å². The summed E-state index contributed by atoms with van der Waals surface area (Å²) in [4.78, 5) is 2.57. The maximum Gasteiger partial charge on any atom is 0.140 e. The first-order chi connectivity index (χ1) is 11.7. The molecule has 0 bridgehead atoms. The number of piperazine rings is 1. The van der Waals surface area contributed by atoms with Crippen LogP contribution in [0.5, 0.6) is 5.75 Å². The van der Waals surface area contributed by atoms with E-state index in [2.05, 4.69) is 29.3 Å². The van der Waals surface area contributed by atoms with Gasteiger partial charge in [0.2, 0.25) is 0 Å². The minimum Gasteiger partial charge on any atom is -0.484 e. The number of rotatable bonds is 3. The Balaban J connectivity index is 1.69. The molecular weight excluding hydrogens is 320 g/mol. The number of hydrogen-bond donors (Lipinski definition) is 1. The summed E-state index contributed by atoms with van der Waals surface area (Å²) >= 11 is 6.35. The van der Waals surface area contributed by atoms with Crippen LogP contribution in [0.15, 0.2) is 42.5 Å². The normalized spacial score (nSPS) is 23.9. The maximum absolute atomic E-state index is 6.46. The minimum atomic E-state index is 0.0397. The molecule has 126 valence electrons. The van der Waals surface area contributed by atoms with E-state index in [0.717, 1.165) is 43.4 Å². The summed E-state index contributed by atoms with van der Waals surface area (Å²) in [7, 11) is 0. The molecule has 0 amide bonds. The summed E-state index contributed by atoms with van der Waals surface area (Å²) in [5.74, 6) is 0.924. The van der Waals surface area contributed by atoms with Crippen molar-refractivity contribution in [3.8, 4) is 5.75 Å². The molecule has 1 heterocycles. The SMILES string of the molecule is Cc1cc(Cl)cc2c1C[C@H](N1CCNCC1)[C@H]2Oc1ccccc1. The van der Waals surface area contributed by atoms with Crippen molar-refractivity contribution in [3.05, 3.63) is 64.2 Å². The molecule has 1 aliphatic heterocycles. The molecule has 0 spiro atoms. The van der Waals surface area contributed by atoms with E-state index in [1.807, 2.05) is 30.3 Å². The van der Waals surface area contributed by atoms with Gasteiger partial charge in [0.25, 0.3) is 0 Å². The lowest BCUT2D eigenvalue weighted by Gasteiger charge is -2.36. The molecule has 2 aliphatic rings. The number of para-hydroxylation sites is 1. The predicted octanol–water partition coefficient (Wildman–Crippen LogP) is 3.60. The summed E-state index contributed by atoms with van der Waals surface area (Å²) in [6.45, 7) is 6.39.